The number of halogens is 4. The van der Waals surface area contributed by atoms with Crippen LogP contribution in [0, 0.1) is 0 Å². The summed E-state index contributed by atoms with van der Waals surface area (Å²) in [4.78, 5) is 11.7. The van der Waals surface area contributed by atoms with Gasteiger partial charge in [0.1, 0.15) is 11.3 Å². The van der Waals surface area contributed by atoms with Crippen LogP contribution in [0.15, 0.2) is 28.2 Å². The topological polar surface area (TPSA) is 55.8 Å². The van der Waals surface area contributed by atoms with Crippen LogP contribution in [0.5, 0.6) is 5.75 Å². The van der Waals surface area contributed by atoms with Crippen LogP contribution in [-0.2, 0) is 9.53 Å². The van der Waals surface area contributed by atoms with E-state index in [9.17, 15) is 23.1 Å². The number of hydrogen-bond acceptors (Lipinski definition) is 4. The number of carbonyl (C=O) groups is 1. The molecule has 1 aliphatic rings. The molecule has 8 heteroatoms. The van der Waals surface area contributed by atoms with Crippen molar-refractivity contribution in [2.24, 2.45) is 0 Å². The van der Waals surface area contributed by atoms with Gasteiger partial charge in [0.05, 0.1) is 6.61 Å². The molecule has 1 N–H and O–H groups in total. The van der Waals surface area contributed by atoms with Crippen LogP contribution in [0.4, 0.5) is 13.2 Å². The number of alkyl halides is 3. The SMILES string of the molecule is CCOC(=O)C1=Cc2cc(Br)ccc2O[C@@]1(O)C(F)(F)F. The molecule has 0 amide bonds. The highest BCUT2D eigenvalue weighted by Crippen LogP contribution is 2.44. The lowest BCUT2D eigenvalue weighted by Crippen LogP contribution is -2.55. The summed E-state index contributed by atoms with van der Waals surface area (Å²) in [6.07, 6.45) is -4.29. The van der Waals surface area contributed by atoms with Gasteiger partial charge in [0, 0.05) is 10.0 Å². The average molecular weight is 367 g/mol. The first-order valence-corrected chi connectivity index (χ1v) is 6.65. The van der Waals surface area contributed by atoms with Gasteiger partial charge >= 0.3 is 17.9 Å². The molecule has 0 aromatic heterocycles. The van der Waals surface area contributed by atoms with E-state index in [2.05, 4.69) is 25.4 Å². The lowest BCUT2D eigenvalue weighted by Gasteiger charge is -2.35. The van der Waals surface area contributed by atoms with Crippen molar-refractivity contribution in [1.82, 2.24) is 0 Å². The van der Waals surface area contributed by atoms with Gasteiger partial charge in [-0.2, -0.15) is 13.2 Å². The zero-order valence-electron chi connectivity index (χ0n) is 10.7. The van der Waals surface area contributed by atoms with Crippen LogP contribution in [0.3, 0.4) is 0 Å². The maximum atomic E-state index is 13.1. The van der Waals surface area contributed by atoms with E-state index >= 15 is 0 Å². The number of fused-ring (bicyclic) bond motifs is 1. The summed E-state index contributed by atoms with van der Waals surface area (Å²) in [7, 11) is 0. The van der Waals surface area contributed by atoms with E-state index in [1.165, 1.54) is 25.1 Å². The number of rotatable bonds is 2. The standard InChI is InChI=1S/C13H10BrF3O4/c1-2-20-11(18)9-6-7-5-8(14)3-4-10(7)21-12(9,19)13(15,16)17/h3-6,19H,2H2,1H3/t12-/m1/s1. The molecular weight excluding hydrogens is 357 g/mol. The molecule has 1 atom stereocenters. The van der Waals surface area contributed by atoms with Crippen LogP contribution < -0.4 is 4.74 Å². The van der Waals surface area contributed by atoms with E-state index in [0.29, 0.717) is 4.47 Å². The van der Waals surface area contributed by atoms with Gasteiger partial charge in [-0.1, -0.05) is 15.9 Å². The van der Waals surface area contributed by atoms with Gasteiger partial charge in [0.25, 0.3) is 0 Å². The van der Waals surface area contributed by atoms with Crippen molar-refractivity contribution in [3.05, 3.63) is 33.8 Å². The van der Waals surface area contributed by atoms with Crippen molar-refractivity contribution in [2.75, 3.05) is 6.61 Å². The number of ether oxygens (including phenoxy) is 2. The van der Waals surface area contributed by atoms with Crippen LogP contribution in [0.25, 0.3) is 6.08 Å². The smallest absolute Gasteiger partial charge is 0.460 e. The molecule has 0 saturated heterocycles. The molecule has 0 radical (unpaired) electrons. The highest BCUT2D eigenvalue weighted by molar-refractivity contribution is 9.10. The Labute approximate surface area is 126 Å². The first-order chi connectivity index (χ1) is 9.69. The third-order valence-electron chi connectivity index (χ3n) is 2.77. The minimum Gasteiger partial charge on any atom is -0.462 e. The fourth-order valence-corrected chi connectivity index (χ4v) is 2.19. The monoisotopic (exact) mass is 366 g/mol. The summed E-state index contributed by atoms with van der Waals surface area (Å²) < 4.78 is 49.2. The molecule has 0 saturated carbocycles. The van der Waals surface area contributed by atoms with Gasteiger partial charge in [-0.3, -0.25) is 0 Å². The predicted molar refractivity (Wildman–Crippen MR) is 70.4 cm³/mol. The molecule has 1 aliphatic heterocycles. The summed E-state index contributed by atoms with van der Waals surface area (Å²) >= 11 is 3.16. The third kappa shape index (κ3) is 2.77. The number of hydrogen-bond donors (Lipinski definition) is 1. The van der Waals surface area contributed by atoms with Gasteiger partial charge < -0.3 is 14.6 Å². The molecule has 0 aliphatic carbocycles. The normalized spacial score (nSPS) is 21.1. The highest BCUT2D eigenvalue weighted by atomic mass is 79.9. The second-order valence-electron chi connectivity index (χ2n) is 4.20. The summed E-state index contributed by atoms with van der Waals surface area (Å²) in [5.74, 6) is -5.21. The molecule has 1 heterocycles. The lowest BCUT2D eigenvalue weighted by molar-refractivity contribution is -0.316. The second kappa shape index (κ2) is 5.34. The Morgan fingerprint density at radius 1 is 1.48 bits per heavy atom. The van der Waals surface area contributed by atoms with Gasteiger partial charge in [-0.15, -0.1) is 0 Å². The van der Waals surface area contributed by atoms with Gasteiger partial charge in [0.15, 0.2) is 0 Å². The largest absolute Gasteiger partial charge is 0.462 e. The molecule has 0 bridgehead atoms. The van der Waals surface area contributed by atoms with E-state index in [-0.39, 0.29) is 17.9 Å². The quantitative estimate of drug-likeness (QED) is 0.817. The average Bonchev–Trinajstić information content (AvgIpc) is 2.37. The highest BCUT2D eigenvalue weighted by Gasteiger charge is 2.63. The molecule has 2 rings (SSSR count). The molecule has 0 unspecified atom stereocenters. The van der Waals surface area contributed by atoms with Gasteiger partial charge in [-0.25, -0.2) is 4.79 Å². The minimum atomic E-state index is -5.20. The Hall–Kier alpha value is -1.54. The fourth-order valence-electron chi connectivity index (χ4n) is 1.81. The van der Waals surface area contributed by atoms with Crippen molar-refractivity contribution in [2.45, 2.75) is 18.9 Å². The summed E-state index contributed by atoms with van der Waals surface area (Å²) in [6.45, 7) is 1.31. The van der Waals surface area contributed by atoms with Crippen LogP contribution >= 0.6 is 15.9 Å². The molecule has 1 aromatic rings. The van der Waals surface area contributed by atoms with Gasteiger partial charge in [0.2, 0.25) is 0 Å². The molecule has 1 aromatic carbocycles. The van der Waals surface area contributed by atoms with Gasteiger partial charge in [-0.05, 0) is 31.2 Å². The molecule has 4 nitrogen and oxygen atoms in total. The maximum Gasteiger partial charge on any atom is 0.460 e. The van der Waals surface area contributed by atoms with Crippen LogP contribution in [0.1, 0.15) is 12.5 Å². The first-order valence-electron chi connectivity index (χ1n) is 5.86. The number of benzene rings is 1. The molecule has 21 heavy (non-hydrogen) atoms. The molecule has 114 valence electrons. The zero-order chi connectivity index (χ0) is 15.8. The minimum absolute atomic E-state index is 0.130. The number of carbonyl (C=O) groups excluding carboxylic acids is 1. The van der Waals surface area contributed by atoms with E-state index in [1.54, 1.807) is 0 Å². The maximum absolute atomic E-state index is 13.1. The Balaban J connectivity index is 2.59. The van der Waals surface area contributed by atoms with Crippen LogP contribution in [0.2, 0.25) is 0 Å². The van der Waals surface area contributed by atoms with E-state index in [4.69, 9.17) is 0 Å². The molecule has 0 spiro atoms. The number of esters is 1. The second-order valence-corrected chi connectivity index (χ2v) is 5.12. The summed E-state index contributed by atoms with van der Waals surface area (Å²) in [5.41, 5.74) is -0.788. The third-order valence-corrected chi connectivity index (χ3v) is 3.27. The Bertz CT molecular complexity index is 612. The van der Waals surface area contributed by atoms with Crippen molar-refractivity contribution in [3.63, 3.8) is 0 Å². The fraction of sp³-hybridized carbons (Fsp3) is 0.308. The Morgan fingerprint density at radius 3 is 2.71 bits per heavy atom. The van der Waals surface area contributed by atoms with Crippen molar-refractivity contribution < 1.29 is 32.5 Å². The van der Waals surface area contributed by atoms with Crippen molar-refractivity contribution >= 4 is 28.0 Å². The summed E-state index contributed by atoms with van der Waals surface area (Å²) in [6, 6.07) is 4.18. The first kappa shape index (κ1) is 15.8. The van der Waals surface area contributed by atoms with Crippen LogP contribution in [-0.4, -0.2) is 29.6 Å². The van der Waals surface area contributed by atoms with E-state index in [1.807, 2.05) is 0 Å². The van der Waals surface area contributed by atoms with Crippen molar-refractivity contribution in [3.8, 4) is 5.75 Å². The molecule has 0 fully saturated rings. The summed E-state index contributed by atoms with van der Waals surface area (Å²) in [5, 5.41) is 9.85. The Morgan fingerprint density at radius 2 is 2.14 bits per heavy atom. The zero-order valence-corrected chi connectivity index (χ0v) is 12.3. The number of aliphatic hydroxyl groups is 1. The lowest BCUT2D eigenvalue weighted by atomic mass is 9.98. The molecular formula is C13H10BrF3O4. The van der Waals surface area contributed by atoms with E-state index < -0.39 is 23.5 Å². The Kier molecular flexibility index (Phi) is 4.03. The van der Waals surface area contributed by atoms with Crippen molar-refractivity contribution in [1.29, 1.82) is 0 Å². The van der Waals surface area contributed by atoms with E-state index in [0.717, 1.165) is 6.08 Å². The predicted octanol–water partition coefficient (Wildman–Crippen LogP) is 3.04.